The molecule has 1 aromatic carbocycles. The summed E-state index contributed by atoms with van der Waals surface area (Å²) in [5.41, 5.74) is 5.94. The molecule has 168 valence electrons. The lowest BCUT2D eigenvalue weighted by molar-refractivity contribution is 0.114. The van der Waals surface area contributed by atoms with Crippen LogP contribution in [0.3, 0.4) is 0 Å². The van der Waals surface area contributed by atoms with Gasteiger partial charge < -0.3 is 14.9 Å². The van der Waals surface area contributed by atoms with E-state index in [1.54, 1.807) is 0 Å². The zero-order valence-corrected chi connectivity index (χ0v) is 19.4. The van der Waals surface area contributed by atoms with Gasteiger partial charge in [-0.3, -0.25) is 4.40 Å². The molecule has 2 fully saturated rings. The molecule has 0 amide bonds. The largest absolute Gasteiger partial charge is 0.396 e. The first-order valence-corrected chi connectivity index (χ1v) is 11.8. The molecule has 6 heteroatoms. The Labute approximate surface area is 190 Å². The van der Waals surface area contributed by atoms with Gasteiger partial charge in [0.1, 0.15) is 11.9 Å². The van der Waals surface area contributed by atoms with Gasteiger partial charge in [0.2, 0.25) is 0 Å². The monoisotopic (exact) mass is 431 g/mol. The lowest BCUT2D eigenvalue weighted by Crippen LogP contribution is -2.41. The third-order valence-corrected chi connectivity index (χ3v) is 7.90. The number of fused-ring (bicyclic) bond motifs is 3. The van der Waals surface area contributed by atoms with Gasteiger partial charge in [0.05, 0.1) is 16.6 Å². The van der Waals surface area contributed by atoms with Crippen LogP contribution in [0, 0.1) is 23.7 Å². The van der Waals surface area contributed by atoms with E-state index in [1.165, 1.54) is 16.9 Å². The first-order valence-electron chi connectivity index (χ1n) is 11.8. The van der Waals surface area contributed by atoms with Crippen molar-refractivity contribution in [3.8, 4) is 6.07 Å². The number of anilines is 1. The number of nitrogens with zero attached hydrogens (tertiary/aromatic N) is 5. The molecular formula is C26H33N5O. The summed E-state index contributed by atoms with van der Waals surface area (Å²) in [7, 11) is 2.18. The first kappa shape index (κ1) is 21.2. The van der Waals surface area contributed by atoms with E-state index in [0.29, 0.717) is 5.92 Å². The number of imidazole rings is 1. The topological polar surface area (TPSA) is 67.8 Å². The van der Waals surface area contributed by atoms with Gasteiger partial charge >= 0.3 is 0 Å². The fourth-order valence-electron chi connectivity index (χ4n) is 5.72. The number of piperidine rings is 2. The van der Waals surface area contributed by atoms with Crippen LogP contribution < -0.4 is 4.90 Å². The third kappa shape index (κ3) is 3.35. The van der Waals surface area contributed by atoms with E-state index in [1.807, 2.05) is 18.2 Å². The summed E-state index contributed by atoms with van der Waals surface area (Å²) < 4.78 is 2.23. The van der Waals surface area contributed by atoms with Crippen LogP contribution in [-0.4, -0.2) is 59.2 Å². The van der Waals surface area contributed by atoms with Gasteiger partial charge in [0.25, 0.3) is 0 Å². The van der Waals surface area contributed by atoms with Crippen molar-refractivity contribution in [2.45, 2.75) is 45.4 Å². The van der Waals surface area contributed by atoms with Crippen LogP contribution in [0.2, 0.25) is 0 Å². The lowest BCUT2D eigenvalue weighted by atomic mass is 9.80. The molecular weight excluding hydrogens is 398 g/mol. The highest BCUT2D eigenvalue weighted by Crippen LogP contribution is 2.41. The average Bonchev–Trinajstić information content (AvgIpc) is 3.19. The standard InChI is InChI=1S/C26H33N5O/c1-18-23(19-8-12-29(3)13-9-19)20(16-27)24-28-21-6-4-5-7-22(21)31(24)25(18)30-14-10-26(2,17-32)11-15-30/h4-7,19,32H,8-15,17H2,1-3H3. The highest BCUT2D eigenvalue weighted by Gasteiger charge is 2.34. The van der Waals surface area contributed by atoms with Gasteiger partial charge in [-0.2, -0.15) is 5.26 Å². The van der Waals surface area contributed by atoms with Gasteiger partial charge in [-0.1, -0.05) is 19.1 Å². The first-order chi connectivity index (χ1) is 15.5. The van der Waals surface area contributed by atoms with E-state index >= 15 is 0 Å². The van der Waals surface area contributed by atoms with Crippen LogP contribution in [0.1, 0.15) is 55.2 Å². The molecule has 0 atom stereocenters. The predicted molar refractivity (Wildman–Crippen MR) is 128 cm³/mol. The molecule has 0 aliphatic carbocycles. The maximum absolute atomic E-state index is 10.3. The van der Waals surface area contributed by atoms with E-state index in [2.05, 4.69) is 47.2 Å². The van der Waals surface area contributed by atoms with Gasteiger partial charge in [0, 0.05) is 19.7 Å². The Morgan fingerprint density at radius 1 is 1.16 bits per heavy atom. The van der Waals surface area contributed by atoms with Gasteiger partial charge in [-0.15, -0.1) is 0 Å². The fourth-order valence-corrected chi connectivity index (χ4v) is 5.72. The quantitative estimate of drug-likeness (QED) is 0.677. The highest BCUT2D eigenvalue weighted by atomic mass is 16.3. The average molecular weight is 432 g/mol. The third-order valence-electron chi connectivity index (χ3n) is 7.90. The van der Waals surface area contributed by atoms with E-state index in [0.717, 1.165) is 74.1 Å². The van der Waals surface area contributed by atoms with Crippen molar-refractivity contribution in [2.75, 3.05) is 44.7 Å². The number of benzene rings is 1. The van der Waals surface area contributed by atoms with Crippen molar-refractivity contribution in [3.63, 3.8) is 0 Å². The van der Waals surface area contributed by atoms with E-state index in [9.17, 15) is 10.4 Å². The minimum atomic E-state index is -0.0100. The number of pyridine rings is 1. The molecule has 2 aromatic heterocycles. The molecule has 2 aliphatic heterocycles. The van der Waals surface area contributed by atoms with Crippen molar-refractivity contribution < 1.29 is 5.11 Å². The molecule has 3 aromatic rings. The SMILES string of the molecule is Cc1c(C2CCN(C)CC2)c(C#N)c2nc3ccccc3n2c1N1CCC(C)(CO)CC1. The maximum Gasteiger partial charge on any atom is 0.157 e. The van der Waals surface area contributed by atoms with Crippen LogP contribution in [0.25, 0.3) is 16.7 Å². The molecule has 0 saturated carbocycles. The summed E-state index contributed by atoms with van der Waals surface area (Å²) in [5, 5.41) is 20.2. The minimum absolute atomic E-state index is 0.0100. The second kappa shape index (κ2) is 8.06. The normalized spacial score (nSPS) is 20.2. The van der Waals surface area contributed by atoms with E-state index < -0.39 is 0 Å². The summed E-state index contributed by atoms with van der Waals surface area (Å²) in [5.74, 6) is 1.57. The molecule has 5 rings (SSSR count). The Kier molecular flexibility index (Phi) is 5.35. The maximum atomic E-state index is 10.3. The van der Waals surface area contributed by atoms with Crippen LogP contribution in [0.5, 0.6) is 0 Å². The predicted octanol–water partition coefficient (Wildman–Crippen LogP) is 4.08. The Morgan fingerprint density at radius 2 is 1.84 bits per heavy atom. The van der Waals surface area contributed by atoms with Crippen LogP contribution in [-0.2, 0) is 0 Å². The number of para-hydroxylation sites is 2. The van der Waals surface area contributed by atoms with Crippen LogP contribution in [0.15, 0.2) is 24.3 Å². The van der Waals surface area contributed by atoms with Gasteiger partial charge in [-0.25, -0.2) is 4.98 Å². The number of rotatable bonds is 3. The molecule has 32 heavy (non-hydrogen) atoms. The number of hydrogen-bond donors (Lipinski definition) is 1. The molecule has 2 saturated heterocycles. The van der Waals surface area contributed by atoms with Crippen LogP contribution >= 0.6 is 0 Å². The second-order valence-electron chi connectivity index (χ2n) is 10.1. The number of likely N-dealkylation sites (tertiary alicyclic amines) is 1. The molecule has 0 unspecified atom stereocenters. The van der Waals surface area contributed by atoms with Crippen molar-refractivity contribution in [2.24, 2.45) is 5.41 Å². The highest BCUT2D eigenvalue weighted by molar-refractivity contribution is 5.86. The molecule has 1 N–H and O–H groups in total. The number of aliphatic hydroxyl groups excluding tert-OH is 1. The number of nitriles is 1. The molecule has 0 bridgehead atoms. The second-order valence-corrected chi connectivity index (χ2v) is 10.1. The van der Waals surface area contributed by atoms with Crippen molar-refractivity contribution in [3.05, 3.63) is 41.0 Å². The minimum Gasteiger partial charge on any atom is -0.396 e. The van der Waals surface area contributed by atoms with Crippen LogP contribution in [0.4, 0.5) is 5.82 Å². The van der Waals surface area contributed by atoms with Gasteiger partial charge in [0.15, 0.2) is 5.65 Å². The number of aromatic nitrogens is 2. The smallest absolute Gasteiger partial charge is 0.157 e. The summed E-state index contributed by atoms with van der Waals surface area (Å²) in [4.78, 5) is 9.80. The molecule has 0 radical (unpaired) electrons. The Balaban J connectivity index is 1.74. The number of hydrogen-bond acceptors (Lipinski definition) is 5. The molecule has 6 nitrogen and oxygen atoms in total. The molecule has 4 heterocycles. The zero-order valence-electron chi connectivity index (χ0n) is 19.4. The number of aliphatic hydroxyl groups is 1. The Bertz CT molecular complexity index is 1190. The Hall–Kier alpha value is -2.62. The van der Waals surface area contributed by atoms with Crippen molar-refractivity contribution in [1.29, 1.82) is 5.26 Å². The van der Waals surface area contributed by atoms with Crippen molar-refractivity contribution in [1.82, 2.24) is 14.3 Å². The summed E-state index contributed by atoms with van der Waals surface area (Å²) >= 11 is 0. The Morgan fingerprint density at radius 3 is 2.50 bits per heavy atom. The van der Waals surface area contributed by atoms with E-state index in [4.69, 9.17) is 4.98 Å². The lowest BCUT2D eigenvalue weighted by Gasteiger charge is -2.41. The fraction of sp³-hybridized carbons (Fsp3) is 0.538. The van der Waals surface area contributed by atoms with E-state index in [-0.39, 0.29) is 12.0 Å². The summed E-state index contributed by atoms with van der Waals surface area (Å²) in [6, 6.07) is 10.8. The van der Waals surface area contributed by atoms with Gasteiger partial charge in [-0.05, 0) is 87.3 Å². The zero-order chi connectivity index (χ0) is 22.5. The summed E-state index contributed by atoms with van der Waals surface area (Å²) in [6.45, 7) is 8.54. The summed E-state index contributed by atoms with van der Waals surface area (Å²) in [6.07, 6.45) is 4.07. The molecule has 2 aliphatic rings. The molecule has 0 spiro atoms. The van der Waals surface area contributed by atoms with Crippen molar-refractivity contribution >= 4 is 22.5 Å².